The highest BCUT2D eigenvalue weighted by molar-refractivity contribution is 5.95. The van der Waals surface area contributed by atoms with Crippen molar-refractivity contribution < 1.29 is 4.79 Å². The number of halogens is 1. The van der Waals surface area contributed by atoms with Crippen LogP contribution in [0, 0.1) is 5.92 Å². The Morgan fingerprint density at radius 1 is 1.52 bits per heavy atom. The Hall–Kier alpha value is -1.07. The van der Waals surface area contributed by atoms with Crippen LogP contribution in [0.3, 0.4) is 0 Å². The largest absolute Gasteiger partial charge is 0.350 e. The fraction of sp³-hybridized carbons (Fsp3) is 0.733. The van der Waals surface area contributed by atoms with E-state index in [9.17, 15) is 4.79 Å². The Bertz CT molecular complexity index is 488. The SMILES string of the molecule is CCc1c(C(=O)NCC(N)C2CC2)cnn1C(C)(C)C.Cl. The summed E-state index contributed by atoms with van der Waals surface area (Å²) in [6, 6.07) is 0.0849. The molecule has 21 heavy (non-hydrogen) atoms. The van der Waals surface area contributed by atoms with Gasteiger partial charge in [0.15, 0.2) is 0 Å². The molecule has 120 valence electrons. The summed E-state index contributed by atoms with van der Waals surface area (Å²) in [6.45, 7) is 8.86. The van der Waals surface area contributed by atoms with Crippen molar-refractivity contribution in [1.29, 1.82) is 0 Å². The average Bonchev–Trinajstić information content (AvgIpc) is 3.12. The zero-order valence-electron chi connectivity index (χ0n) is 13.3. The van der Waals surface area contributed by atoms with Gasteiger partial charge in [-0.3, -0.25) is 9.48 Å². The number of carbonyl (C=O) groups excluding carboxylic acids is 1. The van der Waals surface area contributed by atoms with Gasteiger partial charge in [0.25, 0.3) is 5.91 Å². The van der Waals surface area contributed by atoms with Crippen LogP contribution in [0.2, 0.25) is 0 Å². The van der Waals surface area contributed by atoms with Crippen LogP contribution in [0.5, 0.6) is 0 Å². The number of aromatic nitrogens is 2. The van der Waals surface area contributed by atoms with E-state index >= 15 is 0 Å². The van der Waals surface area contributed by atoms with Crippen LogP contribution in [-0.2, 0) is 12.0 Å². The van der Waals surface area contributed by atoms with Gasteiger partial charge in [-0.15, -0.1) is 12.4 Å². The van der Waals surface area contributed by atoms with Crippen LogP contribution in [-0.4, -0.2) is 28.3 Å². The highest BCUT2D eigenvalue weighted by atomic mass is 35.5. The molecule has 1 aromatic rings. The third-order valence-corrected chi connectivity index (χ3v) is 3.81. The number of nitrogens with one attached hydrogen (secondary N) is 1. The molecule has 1 heterocycles. The minimum atomic E-state index is -0.117. The van der Waals surface area contributed by atoms with E-state index in [0.717, 1.165) is 12.1 Å². The summed E-state index contributed by atoms with van der Waals surface area (Å²) in [7, 11) is 0. The molecule has 1 atom stereocenters. The quantitative estimate of drug-likeness (QED) is 0.874. The number of hydrogen-bond acceptors (Lipinski definition) is 3. The van der Waals surface area contributed by atoms with Crippen LogP contribution in [0.1, 0.15) is 56.6 Å². The van der Waals surface area contributed by atoms with Gasteiger partial charge in [0.05, 0.1) is 23.0 Å². The van der Waals surface area contributed by atoms with Crippen molar-refractivity contribution in [2.45, 2.75) is 58.5 Å². The zero-order chi connectivity index (χ0) is 14.9. The van der Waals surface area contributed by atoms with Gasteiger partial charge in [0.1, 0.15) is 0 Å². The molecule has 1 saturated carbocycles. The summed E-state index contributed by atoms with van der Waals surface area (Å²) in [5.74, 6) is 0.534. The Morgan fingerprint density at radius 2 is 2.14 bits per heavy atom. The summed E-state index contributed by atoms with van der Waals surface area (Å²) >= 11 is 0. The van der Waals surface area contributed by atoms with Crippen LogP contribution >= 0.6 is 12.4 Å². The molecule has 0 saturated heterocycles. The summed E-state index contributed by atoms with van der Waals surface area (Å²) in [6.07, 6.45) is 4.84. The van der Waals surface area contributed by atoms with Crippen LogP contribution < -0.4 is 11.1 Å². The van der Waals surface area contributed by atoms with Crippen LogP contribution in [0.25, 0.3) is 0 Å². The lowest BCUT2D eigenvalue weighted by Gasteiger charge is -2.22. The van der Waals surface area contributed by atoms with E-state index in [1.165, 1.54) is 12.8 Å². The number of hydrogen-bond donors (Lipinski definition) is 2. The molecule has 0 bridgehead atoms. The standard InChI is InChI=1S/C15H26N4O.ClH/c1-5-13-11(8-18-19(13)15(2,3)4)14(20)17-9-12(16)10-6-7-10;/h8,10,12H,5-7,9,16H2,1-4H3,(H,17,20);1H. The summed E-state index contributed by atoms with van der Waals surface area (Å²) in [5, 5.41) is 7.32. The first-order valence-corrected chi connectivity index (χ1v) is 7.45. The van der Waals surface area contributed by atoms with E-state index < -0.39 is 0 Å². The number of carbonyl (C=O) groups is 1. The smallest absolute Gasteiger partial charge is 0.254 e. The number of amides is 1. The van der Waals surface area contributed by atoms with E-state index in [1.54, 1.807) is 6.20 Å². The molecule has 0 aromatic carbocycles. The van der Waals surface area contributed by atoms with Gasteiger partial charge in [-0.1, -0.05) is 6.92 Å². The van der Waals surface area contributed by atoms with Crippen LogP contribution in [0.15, 0.2) is 6.20 Å². The molecule has 1 aromatic heterocycles. The summed E-state index contributed by atoms with van der Waals surface area (Å²) < 4.78 is 1.93. The number of nitrogens with zero attached hydrogens (tertiary/aromatic N) is 2. The molecule has 0 aliphatic heterocycles. The van der Waals surface area contributed by atoms with Gasteiger partial charge in [-0.25, -0.2) is 0 Å². The highest BCUT2D eigenvalue weighted by Crippen LogP contribution is 2.31. The molecular formula is C15H27ClN4O. The maximum Gasteiger partial charge on any atom is 0.254 e. The molecule has 0 radical (unpaired) electrons. The fourth-order valence-electron chi connectivity index (χ4n) is 2.48. The van der Waals surface area contributed by atoms with E-state index in [2.05, 4.69) is 31.2 Å². The molecular weight excluding hydrogens is 288 g/mol. The normalized spacial score (nSPS) is 16.2. The molecule has 3 N–H and O–H groups in total. The maximum absolute atomic E-state index is 12.3. The second-order valence-corrected chi connectivity index (χ2v) is 6.65. The van der Waals surface area contributed by atoms with Crippen molar-refractivity contribution in [3.63, 3.8) is 0 Å². The second-order valence-electron chi connectivity index (χ2n) is 6.65. The van der Waals surface area contributed by atoms with E-state index in [0.29, 0.717) is 18.0 Å². The lowest BCUT2D eigenvalue weighted by atomic mass is 10.1. The predicted octanol–water partition coefficient (Wildman–Crippen LogP) is 2.09. The third kappa shape index (κ3) is 4.20. The Balaban J connectivity index is 0.00000220. The predicted molar refractivity (Wildman–Crippen MR) is 86.9 cm³/mol. The first-order chi connectivity index (χ1) is 9.34. The fourth-order valence-corrected chi connectivity index (χ4v) is 2.48. The molecule has 1 aliphatic carbocycles. The first-order valence-electron chi connectivity index (χ1n) is 7.45. The first kappa shape index (κ1) is 18.0. The van der Waals surface area contributed by atoms with E-state index in [4.69, 9.17) is 5.73 Å². The van der Waals surface area contributed by atoms with Gasteiger partial charge in [0, 0.05) is 12.6 Å². The Labute approximate surface area is 133 Å². The molecule has 0 spiro atoms. The minimum absolute atomic E-state index is 0. The third-order valence-electron chi connectivity index (χ3n) is 3.81. The second kappa shape index (κ2) is 6.79. The average molecular weight is 315 g/mol. The lowest BCUT2D eigenvalue weighted by molar-refractivity contribution is 0.0949. The summed E-state index contributed by atoms with van der Waals surface area (Å²) in [5.41, 5.74) is 7.55. The van der Waals surface area contributed by atoms with Crippen molar-refractivity contribution >= 4 is 18.3 Å². The van der Waals surface area contributed by atoms with Crippen molar-refractivity contribution in [2.75, 3.05) is 6.54 Å². The maximum atomic E-state index is 12.3. The summed E-state index contributed by atoms with van der Waals surface area (Å²) in [4.78, 5) is 12.3. The molecule has 1 fully saturated rings. The lowest BCUT2D eigenvalue weighted by Crippen LogP contribution is -2.38. The zero-order valence-corrected chi connectivity index (χ0v) is 14.2. The Kier molecular flexibility index (Phi) is 5.82. The molecule has 1 amide bonds. The van der Waals surface area contributed by atoms with Gasteiger partial charge in [-0.05, 0) is 46.0 Å². The molecule has 5 nitrogen and oxygen atoms in total. The minimum Gasteiger partial charge on any atom is -0.350 e. The van der Waals surface area contributed by atoms with Gasteiger partial charge >= 0.3 is 0 Å². The van der Waals surface area contributed by atoms with E-state index in [-0.39, 0.29) is 29.9 Å². The molecule has 6 heteroatoms. The highest BCUT2D eigenvalue weighted by Gasteiger charge is 2.29. The number of nitrogens with two attached hydrogens (primary N) is 1. The van der Waals surface area contributed by atoms with Crippen molar-refractivity contribution in [1.82, 2.24) is 15.1 Å². The van der Waals surface area contributed by atoms with Gasteiger partial charge in [-0.2, -0.15) is 5.10 Å². The molecule has 1 unspecified atom stereocenters. The monoisotopic (exact) mass is 314 g/mol. The molecule has 1 aliphatic rings. The van der Waals surface area contributed by atoms with Gasteiger partial charge in [0.2, 0.25) is 0 Å². The van der Waals surface area contributed by atoms with Crippen molar-refractivity contribution in [2.24, 2.45) is 11.7 Å². The van der Waals surface area contributed by atoms with Gasteiger partial charge < -0.3 is 11.1 Å². The van der Waals surface area contributed by atoms with Crippen molar-refractivity contribution in [3.8, 4) is 0 Å². The number of rotatable bonds is 5. The van der Waals surface area contributed by atoms with E-state index in [1.807, 2.05) is 11.6 Å². The van der Waals surface area contributed by atoms with Crippen molar-refractivity contribution in [3.05, 3.63) is 17.5 Å². The van der Waals surface area contributed by atoms with Crippen LogP contribution in [0.4, 0.5) is 0 Å². The Morgan fingerprint density at radius 3 is 2.62 bits per heavy atom. The topological polar surface area (TPSA) is 72.9 Å². The molecule has 2 rings (SSSR count).